The van der Waals surface area contributed by atoms with Crippen LogP contribution in [0.4, 0.5) is 10.2 Å². The van der Waals surface area contributed by atoms with E-state index in [1.54, 1.807) is 11.1 Å². The van der Waals surface area contributed by atoms with Crippen LogP contribution < -0.4 is 4.90 Å². The number of hydrogen-bond donors (Lipinski definition) is 2. The number of halogens is 1. The first-order valence-corrected chi connectivity index (χ1v) is 9.91. The summed E-state index contributed by atoms with van der Waals surface area (Å²) in [5.41, 5.74) is 1.23. The average molecular weight is 413 g/mol. The Hall–Kier alpha value is -2.04. The third-order valence-electron chi connectivity index (χ3n) is 5.06. The third-order valence-corrected chi connectivity index (χ3v) is 5.49. The number of aryl methyl sites for hydroxylation is 1. The van der Waals surface area contributed by atoms with Crippen molar-refractivity contribution in [3.05, 3.63) is 18.1 Å². The second kappa shape index (κ2) is 7.41. The zero-order chi connectivity index (χ0) is 20.0. The Morgan fingerprint density at radius 2 is 2.29 bits per heavy atom. The van der Waals surface area contributed by atoms with Crippen LogP contribution in [0.1, 0.15) is 25.1 Å². The lowest BCUT2D eigenvalue weighted by atomic mass is 10.1. The van der Waals surface area contributed by atoms with Crippen LogP contribution in [0.2, 0.25) is 0 Å². The highest BCUT2D eigenvalue weighted by molar-refractivity contribution is 7.32. The molecule has 28 heavy (non-hydrogen) atoms. The van der Waals surface area contributed by atoms with Crippen molar-refractivity contribution in [3.8, 4) is 0 Å². The minimum atomic E-state index is -3.06. The van der Waals surface area contributed by atoms with Gasteiger partial charge in [0.15, 0.2) is 18.5 Å². The standard InChI is InChI=1S/C16H18FN4O6P/c1-8(23)20-4-2-3-9-5-21(15-11(9)14(20)18-7-19-15)16-12(17)13(27-28(24)25)10(6-22)26-16/h5,7,10,12-13,16,22H,2-4,6H2,1H3/p+1/t10-,12+,13-,16-/m1/s1. The van der Waals surface area contributed by atoms with Gasteiger partial charge in [-0.2, -0.15) is 0 Å². The predicted octanol–water partition coefficient (Wildman–Crippen LogP) is 0.993. The van der Waals surface area contributed by atoms with E-state index >= 15 is 4.39 Å². The molecule has 2 aromatic heterocycles. The van der Waals surface area contributed by atoms with Gasteiger partial charge in [0.2, 0.25) is 5.91 Å². The summed E-state index contributed by atoms with van der Waals surface area (Å²) >= 11 is 0. The molecule has 5 atom stereocenters. The third kappa shape index (κ3) is 3.09. The Bertz CT molecular complexity index is 939. The van der Waals surface area contributed by atoms with Crippen molar-refractivity contribution in [2.45, 2.75) is 44.4 Å². The summed E-state index contributed by atoms with van der Waals surface area (Å²) in [6.07, 6.45) is -1.18. The molecule has 0 aliphatic carbocycles. The Labute approximate surface area is 159 Å². The molecule has 4 heterocycles. The molecule has 0 aromatic carbocycles. The second-order valence-electron chi connectivity index (χ2n) is 6.73. The van der Waals surface area contributed by atoms with Crippen LogP contribution in [0.5, 0.6) is 0 Å². The van der Waals surface area contributed by atoms with Crippen molar-refractivity contribution in [3.63, 3.8) is 0 Å². The van der Waals surface area contributed by atoms with Gasteiger partial charge in [0.25, 0.3) is 0 Å². The summed E-state index contributed by atoms with van der Waals surface area (Å²) in [5, 5.41) is 10.1. The number of alkyl halides is 1. The van der Waals surface area contributed by atoms with Crippen molar-refractivity contribution in [2.75, 3.05) is 18.1 Å². The number of nitrogens with zero attached hydrogens (tertiary/aromatic N) is 4. The summed E-state index contributed by atoms with van der Waals surface area (Å²) in [5.74, 6) is 0.309. The first kappa shape index (κ1) is 19.3. The quantitative estimate of drug-likeness (QED) is 0.711. The molecule has 2 aromatic rings. The topological polar surface area (TPSA) is 127 Å². The highest BCUT2D eigenvalue weighted by Gasteiger charge is 2.51. The molecular weight excluding hydrogens is 394 g/mol. The number of ether oxygens (including phenoxy) is 1. The number of carbonyl (C=O) groups is 1. The lowest BCUT2D eigenvalue weighted by Crippen LogP contribution is -2.32. The summed E-state index contributed by atoms with van der Waals surface area (Å²) in [4.78, 5) is 31.1. The summed E-state index contributed by atoms with van der Waals surface area (Å²) in [6.45, 7) is 1.40. The Kier molecular flexibility index (Phi) is 5.11. The van der Waals surface area contributed by atoms with Crippen LogP contribution >= 0.6 is 8.25 Å². The maximum absolute atomic E-state index is 15.0. The van der Waals surface area contributed by atoms with Crippen LogP contribution in [0.3, 0.4) is 0 Å². The van der Waals surface area contributed by atoms with Crippen molar-refractivity contribution >= 4 is 31.0 Å². The normalized spacial score (nSPS) is 27.9. The molecule has 10 nitrogen and oxygen atoms in total. The maximum atomic E-state index is 15.0. The summed E-state index contributed by atoms with van der Waals surface area (Å²) < 4.78 is 37.9. The molecule has 1 fully saturated rings. The van der Waals surface area contributed by atoms with Gasteiger partial charge in [0.05, 0.1) is 12.0 Å². The maximum Gasteiger partial charge on any atom is 0.695 e. The highest BCUT2D eigenvalue weighted by Crippen LogP contribution is 2.41. The summed E-state index contributed by atoms with van der Waals surface area (Å²) in [7, 11) is -3.06. The molecule has 0 spiro atoms. The van der Waals surface area contributed by atoms with Crippen LogP contribution in [-0.2, 0) is 25.0 Å². The van der Waals surface area contributed by atoms with Crippen molar-refractivity contribution in [1.29, 1.82) is 0 Å². The zero-order valence-corrected chi connectivity index (χ0v) is 15.8. The Morgan fingerprint density at radius 1 is 1.50 bits per heavy atom. The van der Waals surface area contributed by atoms with Gasteiger partial charge in [0.1, 0.15) is 23.9 Å². The van der Waals surface area contributed by atoms with E-state index in [1.807, 2.05) is 0 Å². The molecule has 0 bridgehead atoms. The SMILES string of the molecule is CC(=O)N1CCCc2cn([C@@H]3O[C@H](CO)[C@@H](O[P+](=O)O)[C@@H]3F)c3ncnc1c23. The number of amides is 1. The lowest BCUT2D eigenvalue weighted by Gasteiger charge is -2.20. The van der Waals surface area contributed by atoms with Crippen LogP contribution in [-0.4, -0.2) is 62.0 Å². The molecule has 1 unspecified atom stereocenters. The largest absolute Gasteiger partial charge is 0.695 e. The number of aliphatic hydroxyl groups is 1. The predicted molar refractivity (Wildman–Crippen MR) is 94.5 cm³/mol. The van der Waals surface area contributed by atoms with Crippen LogP contribution in [0.15, 0.2) is 12.5 Å². The first-order valence-electron chi connectivity index (χ1n) is 8.78. The molecule has 0 saturated carbocycles. The van der Waals surface area contributed by atoms with E-state index < -0.39 is 39.5 Å². The fraction of sp³-hybridized carbons (Fsp3) is 0.562. The van der Waals surface area contributed by atoms with Crippen LogP contribution in [0.25, 0.3) is 11.0 Å². The number of aliphatic hydroxyl groups excluding tert-OH is 1. The van der Waals surface area contributed by atoms with E-state index in [1.165, 1.54) is 17.8 Å². The average Bonchev–Trinajstić information content (AvgIpc) is 3.09. The number of carbonyl (C=O) groups excluding carboxylic acids is 1. The number of aromatic nitrogens is 3. The monoisotopic (exact) mass is 413 g/mol. The molecule has 2 aliphatic heterocycles. The molecule has 1 amide bonds. The summed E-state index contributed by atoms with van der Waals surface area (Å²) in [6, 6.07) is 0. The molecule has 4 rings (SSSR count). The van der Waals surface area contributed by atoms with Crippen LogP contribution in [0, 0.1) is 0 Å². The van der Waals surface area contributed by atoms with E-state index in [0.29, 0.717) is 36.2 Å². The minimum Gasteiger partial charge on any atom is -0.394 e. The van der Waals surface area contributed by atoms with Crippen molar-refractivity contribution in [2.24, 2.45) is 0 Å². The van der Waals surface area contributed by atoms with Gasteiger partial charge in [-0.15, -0.1) is 9.42 Å². The highest BCUT2D eigenvalue weighted by atomic mass is 31.1. The minimum absolute atomic E-state index is 0.151. The van der Waals surface area contributed by atoms with Gasteiger partial charge < -0.3 is 14.4 Å². The number of hydrogen-bond acceptors (Lipinski definition) is 7. The molecular formula is C16H19FN4O6P+. The number of anilines is 1. The van der Waals surface area contributed by atoms with Crippen molar-refractivity contribution < 1.29 is 33.0 Å². The molecule has 150 valence electrons. The Morgan fingerprint density at radius 3 is 2.96 bits per heavy atom. The van der Waals surface area contributed by atoms with Gasteiger partial charge in [0, 0.05) is 24.2 Å². The van der Waals surface area contributed by atoms with Gasteiger partial charge >= 0.3 is 8.25 Å². The molecule has 12 heteroatoms. The van der Waals surface area contributed by atoms with E-state index in [9.17, 15) is 14.5 Å². The zero-order valence-electron chi connectivity index (χ0n) is 14.9. The Balaban J connectivity index is 1.80. The van der Waals surface area contributed by atoms with E-state index in [-0.39, 0.29) is 5.91 Å². The lowest BCUT2D eigenvalue weighted by molar-refractivity contribution is -0.116. The fourth-order valence-electron chi connectivity index (χ4n) is 3.87. The first-order chi connectivity index (χ1) is 13.4. The second-order valence-corrected chi connectivity index (χ2v) is 7.42. The molecule has 1 saturated heterocycles. The number of rotatable bonds is 4. The van der Waals surface area contributed by atoms with Gasteiger partial charge in [-0.05, 0) is 18.4 Å². The van der Waals surface area contributed by atoms with E-state index in [4.69, 9.17) is 14.2 Å². The molecule has 2 aliphatic rings. The molecule has 2 N–H and O–H groups in total. The van der Waals surface area contributed by atoms with Gasteiger partial charge in [-0.1, -0.05) is 0 Å². The molecule has 0 radical (unpaired) electrons. The van der Waals surface area contributed by atoms with Gasteiger partial charge in [-0.25, -0.2) is 14.4 Å². The fourth-order valence-corrected chi connectivity index (χ4v) is 4.33. The van der Waals surface area contributed by atoms with E-state index in [0.717, 1.165) is 5.56 Å². The van der Waals surface area contributed by atoms with Gasteiger partial charge in [-0.3, -0.25) is 9.69 Å². The van der Waals surface area contributed by atoms with Crippen molar-refractivity contribution in [1.82, 2.24) is 14.5 Å². The van der Waals surface area contributed by atoms with E-state index in [2.05, 4.69) is 9.97 Å². The smallest absolute Gasteiger partial charge is 0.394 e.